The van der Waals surface area contributed by atoms with Crippen LogP contribution in [0.3, 0.4) is 0 Å². The summed E-state index contributed by atoms with van der Waals surface area (Å²) in [6.45, 7) is 0.650. The summed E-state index contributed by atoms with van der Waals surface area (Å²) in [5, 5.41) is 3.14. The monoisotopic (exact) mass is 437 g/mol. The number of benzene rings is 2. The quantitative estimate of drug-likeness (QED) is 0.660. The van der Waals surface area contributed by atoms with Gasteiger partial charge in [-0.1, -0.05) is 12.1 Å². The average molecular weight is 437 g/mol. The van der Waals surface area contributed by atoms with Gasteiger partial charge >= 0.3 is 12.4 Å². The lowest BCUT2D eigenvalue weighted by Gasteiger charge is -2.33. The summed E-state index contributed by atoms with van der Waals surface area (Å²) < 4.78 is 102. The lowest BCUT2D eigenvalue weighted by atomic mass is 10.0. The van der Waals surface area contributed by atoms with E-state index in [0.717, 1.165) is 0 Å². The zero-order valence-corrected chi connectivity index (χ0v) is 15.5. The van der Waals surface area contributed by atoms with E-state index in [1.165, 1.54) is 12.1 Å². The Morgan fingerprint density at radius 2 is 1.53 bits per heavy atom. The van der Waals surface area contributed by atoms with Crippen molar-refractivity contribution in [2.24, 2.45) is 0 Å². The number of morpholine rings is 1. The van der Waals surface area contributed by atoms with Crippen LogP contribution in [0, 0.1) is 5.82 Å². The summed E-state index contributed by atoms with van der Waals surface area (Å²) in [4.78, 5) is 0. The maximum absolute atomic E-state index is 13.1. The number of alkyl halides is 6. The molecule has 10 heteroatoms. The first-order valence-corrected chi connectivity index (χ1v) is 9.04. The van der Waals surface area contributed by atoms with Crippen LogP contribution in [0.4, 0.5) is 30.7 Å². The van der Waals surface area contributed by atoms with Crippen LogP contribution in [-0.2, 0) is 28.2 Å². The molecule has 2 atom stereocenters. The largest absolute Gasteiger partial charge is 0.416 e. The molecule has 0 unspecified atom stereocenters. The maximum atomic E-state index is 13.1. The fraction of sp³-hybridized carbons (Fsp3) is 0.400. The van der Waals surface area contributed by atoms with E-state index >= 15 is 0 Å². The van der Waals surface area contributed by atoms with Crippen LogP contribution < -0.4 is 5.32 Å². The summed E-state index contributed by atoms with van der Waals surface area (Å²) >= 11 is 0. The molecule has 0 saturated carbocycles. The molecule has 2 aromatic rings. The van der Waals surface area contributed by atoms with Crippen molar-refractivity contribution >= 4 is 0 Å². The number of hydrogen-bond acceptors (Lipinski definition) is 3. The number of halogens is 7. The van der Waals surface area contributed by atoms with Gasteiger partial charge in [0.2, 0.25) is 0 Å². The van der Waals surface area contributed by atoms with E-state index in [1.54, 1.807) is 12.1 Å². The Hall–Kier alpha value is -2.17. The summed E-state index contributed by atoms with van der Waals surface area (Å²) in [6, 6.07) is 6.61. The minimum Gasteiger partial charge on any atom is -0.350 e. The zero-order chi connectivity index (χ0) is 21.9. The molecule has 3 rings (SSSR count). The molecule has 1 aliphatic heterocycles. The van der Waals surface area contributed by atoms with Crippen molar-refractivity contribution in [2.75, 3.05) is 19.8 Å². The third kappa shape index (κ3) is 5.71. The Labute approximate surface area is 167 Å². The van der Waals surface area contributed by atoms with E-state index in [-0.39, 0.29) is 24.7 Å². The molecule has 1 saturated heterocycles. The van der Waals surface area contributed by atoms with E-state index < -0.39 is 41.6 Å². The van der Waals surface area contributed by atoms with Crippen molar-refractivity contribution in [3.63, 3.8) is 0 Å². The Bertz CT molecular complexity index is 817. The van der Waals surface area contributed by atoms with E-state index in [9.17, 15) is 30.7 Å². The van der Waals surface area contributed by atoms with Gasteiger partial charge in [0, 0.05) is 6.54 Å². The van der Waals surface area contributed by atoms with E-state index in [1.807, 2.05) is 0 Å². The van der Waals surface area contributed by atoms with Gasteiger partial charge in [0.15, 0.2) is 6.29 Å². The van der Waals surface area contributed by atoms with Crippen molar-refractivity contribution < 1.29 is 40.2 Å². The molecule has 0 aliphatic carbocycles. The second-order valence-corrected chi connectivity index (χ2v) is 6.76. The van der Waals surface area contributed by atoms with Crippen molar-refractivity contribution in [1.82, 2.24) is 5.32 Å². The van der Waals surface area contributed by atoms with Gasteiger partial charge < -0.3 is 14.8 Å². The molecule has 30 heavy (non-hydrogen) atoms. The molecule has 0 aromatic heterocycles. The van der Waals surface area contributed by atoms with Gasteiger partial charge in [-0.15, -0.1) is 0 Å². The summed E-state index contributed by atoms with van der Waals surface area (Å²) in [5.41, 5.74) is -2.21. The van der Waals surface area contributed by atoms with Gasteiger partial charge in [0.25, 0.3) is 0 Å². The standard InChI is InChI=1S/C20H18F7NO2/c21-16-3-1-13(2-4-16)17-18(30-8-6-28-17)29-7-5-12-9-14(19(22,23)24)11-15(10-12)20(25,26)27/h1-4,9-11,17-18,28H,5-8H2/t17-,18+/m0/s1. The molecular formula is C20H18F7NO2. The first-order chi connectivity index (χ1) is 14.0. The van der Waals surface area contributed by atoms with Crippen LogP contribution in [0.25, 0.3) is 0 Å². The molecule has 1 aliphatic rings. The van der Waals surface area contributed by atoms with Gasteiger partial charge in [0.1, 0.15) is 5.82 Å². The molecule has 0 amide bonds. The fourth-order valence-corrected chi connectivity index (χ4v) is 3.13. The van der Waals surface area contributed by atoms with Gasteiger partial charge in [0.05, 0.1) is 30.4 Å². The van der Waals surface area contributed by atoms with E-state index in [0.29, 0.717) is 30.8 Å². The third-order valence-corrected chi connectivity index (χ3v) is 4.57. The molecule has 0 bridgehead atoms. The molecule has 1 N–H and O–H groups in total. The van der Waals surface area contributed by atoms with Crippen LogP contribution >= 0.6 is 0 Å². The average Bonchev–Trinajstić information content (AvgIpc) is 2.67. The van der Waals surface area contributed by atoms with Crippen molar-refractivity contribution in [3.8, 4) is 0 Å². The second kappa shape index (κ2) is 8.91. The number of hydrogen-bond donors (Lipinski definition) is 1. The molecule has 2 aromatic carbocycles. The zero-order valence-electron chi connectivity index (χ0n) is 15.5. The molecule has 3 nitrogen and oxygen atoms in total. The van der Waals surface area contributed by atoms with E-state index in [2.05, 4.69) is 5.32 Å². The molecule has 164 valence electrons. The number of nitrogens with one attached hydrogen (secondary N) is 1. The molecule has 0 radical (unpaired) electrons. The summed E-state index contributed by atoms with van der Waals surface area (Å²) in [6.07, 6.45) is -10.8. The summed E-state index contributed by atoms with van der Waals surface area (Å²) in [7, 11) is 0. The highest BCUT2D eigenvalue weighted by Crippen LogP contribution is 2.36. The Kier molecular flexibility index (Phi) is 6.68. The maximum Gasteiger partial charge on any atom is 0.416 e. The topological polar surface area (TPSA) is 30.5 Å². The smallest absolute Gasteiger partial charge is 0.350 e. The molecule has 1 fully saturated rings. The highest BCUT2D eigenvalue weighted by Gasteiger charge is 2.37. The minimum absolute atomic E-state index is 0.0864. The fourth-order valence-electron chi connectivity index (χ4n) is 3.13. The van der Waals surface area contributed by atoms with Crippen LogP contribution in [0.1, 0.15) is 28.3 Å². The Morgan fingerprint density at radius 3 is 2.10 bits per heavy atom. The SMILES string of the molecule is Fc1ccc([C@@H]2NCCO[C@H]2OCCc2cc(C(F)(F)F)cc(C(F)(F)F)c2)cc1. The molecular weight excluding hydrogens is 419 g/mol. The lowest BCUT2D eigenvalue weighted by molar-refractivity contribution is -0.177. The van der Waals surface area contributed by atoms with Crippen LogP contribution in [0.2, 0.25) is 0 Å². The summed E-state index contributed by atoms with van der Waals surface area (Å²) in [5.74, 6) is -0.419. The van der Waals surface area contributed by atoms with Crippen molar-refractivity contribution in [3.05, 3.63) is 70.5 Å². The highest BCUT2D eigenvalue weighted by molar-refractivity contribution is 5.33. The van der Waals surface area contributed by atoms with Crippen molar-refractivity contribution in [1.29, 1.82) is 0 Å². The predicted molar refractivity (Wildman–Crippen MR) is 93.0 cm³/mol. The first-order valence-electron chi connectivity index (χ1n) is 9.04. The van der Waals surface area contributed by atoms with Gasteiger partial charge in [-0.2, -0.15) is 26.3 Å². The lowest BCUT2D eigenvalue weighted by Crippen LogP contribution is -2.43. The van der Waals surface area contributed by atoms with Gasteiger partial charge in [-0.3, -0.25) is 0 Å². The van der Waals surface area contributed by atoms with Gasteiger partial charge in [-0.25, -0.2) is 4.39 Å². The number of ether oxygens (including phenoxy) is 2. The normalized spacial score (nSPS) is 20.4. The second-order valence-electron chi connectivity index (χ2n) is 6.76. The third-order valence-electron chi connectivity index (χ3n) is 4.57. The van der Waals surface area contributed by atoms with Crippen LogP contribution in [0.15, 0.2) is 42.5 Å². The molecule has 0 spiro atoms. The van der Waals surface area contributed by atoms with Crippen molar-refractivity contribution in [2.45, 2.75) is 31.1 Å². The predicted octanol–water partition coefficient (Wildman–Crippen LogP) is 5.11. The van der Waals surface area contributed by atoms with E-state index in [4.69, 9.17) is 9.47 Å². The van der Waals surface area contributed by atoms with Gasteiger partial charge in [-0.05, 0) is 47.9 Å². The Morgan fingerprint density at radius 1 is 0.933 bits per heavy atom. The minimum atomic E-state index is -4.90. The van der Waals surface area contributed by atoms with Crippen LogP contribution in [0.5, 0.6) is 0 Å². The number of rotatable bonds is 5. The first kappa shape index (κ1) is 22.5. The Balaban J connectivity index is 1.70. The highest BCUT2D eigenvalue weighted by atomic mass is 19.4. The van der Waals surface area contributed by atoms with Crippen LogP contribution in [-0.4, -0.2) is 26.0 Å². The molecule has 1 heterocycles.